The summed E-state index contributed by atoms with van der Waals surface area (Å²) in [4.78, 5) is 24.3. The molecule has 0 fully saturated rings. The summed E-state index contributed by atoms with van der Waals surface area (Å²) in [5.74, 6) is 0.179. The molecule has 0 aromatic heterocycles. The highest BCUT2D eigenvalue weighted by atomic mass is 16.5. The lowest BCUT2D eigenvalue weighted by molar-refractivity contribution is -0.136. The molecule has 3 aromatic carbocycles. The zero-order valence-electron chi connectivity index (χ0n) is 17.1. The highest BCUT2D eigenvalue weighted by molar-refractivity contribution is 5.88. The summed E-state index contributed by atoms with van der Waals surface area (Å²) < 4.78 is 10.9. The standard InChI is InChI=1S/C25H26O4/c1-4-5-6-24(26)28-23-14-11-20-15-19(9-10-21(20)16-23)18(3)25(27)29-22-12-7-17(2)8-13-22/h7-16,18H,4-6H2,1-3H3/t18-/m0/s1. The molecule has 0 saturated heterocycles. The summed E-state index contributed by atoms with van der Waals surface area (Å²) in [6.45, 7) is 5.86. The van der Waals surface area contributed by atoms with E-state index < -0.39 is 5.92 Å². The van der Waals surface area contributed by atoms with Crippen LogP contribution in [-0.2, 0) is 9.59 Å². The Labute approximate surface area is 171 Å². The maximum Gasteiger partial charge on any atom is 0.318 e. The van der Waals surface area contributed by atoms with Crippen molar-refractivity contribution >= 4 is 22.7 Å². The minimum absolute atomic E-state index is 0.213. The van der Waals surface area contributed by atoms with Gasteiger partial charge in [0.1, 0.15) is 11.5 Å². The molecule has 0 heterocycles. The van der Waals surface area contributed by atoms with E-state index in [-0.39, 0.29) is 11.9 Å². The lowest BCUT2D eigenvalue weighted by atomic mass is 9.98. The van der Waals surface area contributed by atoms with Gasteiger partial charge in [0.25, 0.3) is 0 Å². The van der Waals surface area contributed by atoms with Crippen LogP contribution in [0, 0.1) is 6.92 Å². The number of carbonyl (C=O) groups is 2. The lowest BCUT2D eigenvalue weighted by Crippen LogP contribution is -2.16. The van der Waals surface area contributed by atoms with E-state index in [2.05, 4.69) is 0 Å². The number of hydrogen-bond acceptors (Lipinski definition) is 4. The molecule has 0 aliphatic heterocycles. The fourth-order valence-electron chi connectivity index (χ4n) is 3.03. The Kier molecular flexibility index (Phi) is 6.65. The van der Waals surface area contributed by atoms with Gasteiger partial charge in [-0.05, 0) is 60.9 Å². The van der Waals surface area contributed by atoms with Crippen LogP contribution in [0.1, 0.15) is 50.2 Å². The van der Waals surface area contributed by atoms with Gasteiger partial charge in [0.05, 0.1) is 5.92 Å². The molecule has 4 nitrogen and oxygen atoms in total. The van der Waals surface area contributed by atoms with Crippen LogP contribution < -0.4 is 9.47 Å². The number of rotatable bonds is 7. The predicted octanol–water partition coefficient (Wildman–Crippen LogP) is 5.95. The average molecular weight is 390 g/mol. The summed E-state index contributed by atoms with van der Waals surface area (Å²) in [5.41, 5.74) is 1.99. The molecular weight excluding hydrogens is 364 g/mol. The molecule has 0 unspecified atom stereocenters. The second-order valence-corrected chi connectivity index (χ2v) is 7.30. The molecule has 0 saturated carbocycles. The number of benzene rings is 3. The number of ether oxygens (including phenoxy) is 2. The fraction of sp³-hybridized carbons (Fsp3) is 0.280. The molecule has 0 N–H and O–H groups in total. The first-order chi connectivity index (χ1) is 14.0. The maximum absolute atomic E-state index is 12.5. The Morgan fingerprint density at radius 1 is 0.862 bits per heavy atom. The smallest absolute Gasteiger partial charge is 0.318 e. The van der Waals surface area contributed by atoms with Crippen LogP contribution >= 0.6 is 0 Å². The van der Waals surface area contributed by atoms with E-state index in [9.17, 15) is 9.59 Å². The van der Waals surface area contributed by atoms with Gasteiger partial charge in [-0.15, -0.1) is 0 Å². The zero-order chi connectivity index (χ0) is 20.8. The van der Waals surface area contributed by atoms with Gasteiger partial charge in [-0.1, -0.05) is 55.3 Å². The monoisotopic (exact) mass is 390 g/mol. The molecular formula is C25H26O4. The highest BCUT2D eigenvalue weighted by Crippen LogP contribution is 2.27. The van der Waals surface area contributed by atoms with E-state index in [1.54, 1.807) is 18.2 Å². The maximum atomic E-state index is 12.5. The van der Waals surface area contributed by atoms with Crippen molar-refractivity contribution in [2.24, 2.45) is 0 Å². The lowest BCUT2D eigenvalue weighted by Gasteiger charge is -2.13. The minimum atomic E-state index is -0.396. The van der Waals surface area contributed by atoms with E-state index >= 15 is 0 Å². The van der Waals surface area contributed by atoms with Gasteiger partial charge in [-0.3, -0.25) is 9.59 Å². The molecule has 0 aliphatic carbocycles. The second kappa shape index (κ2) is 9.37. The second-order valence-electron chi connectivity index (χ2n) is 7.30. The molecule has 3 rings (SSSR count). The van der Waals surface area contributed by atoms with E-state index in [1.807, 2.05) is 63.2 Å². The third-order valence-corrected chi connectivity index (χ3v) is 4.89. The van der Waals surface area contributed by atoms with Gasteiger partial charge in [0, 0.05) is 6.42 Å². The Hall–Kier alpha value is -3.14. The first-order valence-electron chi connectivity index (χ1n) is 9.99. The largest absolute Gasteiger partial charge is 0.427 e. The van der Waals surface area contributed by atoms with Gasteiger partial charge in [-0.25, -0.2) is 0 Å². The van der Waals surface area contributed by atoms with Gasteiger partial charge < -0.3 is 9.47 Å². The van der Waals surface area contributed by atoms with Gasteiger partial charge in [0.2, 0.25) is 0 Å². The number of esters is 2. The van der Waals surface area contributed by atoms with Crippen molar-refractivity contribution in [3.05, 3.63) is 71.8 Å². The van der Waals surface area contributed by atoms with Crippen molar-refractivity contribution in [2.45, 2.75) is 46.0 Å². The molecule has 4 heteroatoms. The SMILES string of the molecule is CCCCC(=O)Oc1ccc2cc([C@H](C)C(=O)Oc3ccc(C)cc3)ccc2c1. The number of fused-ring (bicyclic) bond motifs is 1. The first kappa shape index (κ1) is 20.6. The topological polar surface area (TPSA) is 52.6 Å². The van der Waals surface area contributed by atoms with Crippen LogP contribution in [0.5, 0.6) is 11.5 Å². The van der Waals surface area contributed by atoms with Crippen LogP contribution in [0.4, 0.5) is 0 Å². The Bertz CT molecular complexity index is 1010. The van der Waals surface area contributed by atoms with Crippen molar-refractivity contribution in [2.75, 3.05) is 0 Å². The highest BCUT2D eigenvalue weighted by Gasteiger charge is 2.18. The fourth-order valence-corrected chi connectivity index (χ4v) is 3.03. The van der Waals surface area contributed by atoms with E-state index in [4.69, 9.17) is 9.47 Å². The molecule has 0 spiro atoms. The number of carbonyl (C=O) groups excluding carboxylic acids is 2. The molecule has 150 valence electrons. The van der Waals surface area contributed by atoms with Crippen LogP contribution in [0.15, 0.2) is 60.7 Å². The van der Waals surface area contributed by atoms with Crippen molar-refractivity contribution in [3.63, 3.8) is 0 Å². The molecule has 1 atom stereocenters. The van der Waals surface area contributed by atoms with Crippen LogP contribution in [0.3, 0.4) is 0 Å². The van der Waals surface area contributed by atoms with E-state index in [0.717, 1.165) is 34.7 Å². The summed E-state index contributed by atoms with van der Waals surface area (Å²) >= 11 is 0. The Morgan fingerprint density at radius 3 is 2.24 bits per heavy atom. The normalized spacial score (nSPS) is 11.8. The predicted molar refractivity (Wildman–Crippen MR) is 114 cm³/mol. The third-order valence-electron chi connectivity index (χ3n) is 4.89. The van der Waals surface area contributed by atoms with Crippen molar-refractivity contribution < 1.29 is 19.1 Å². The number of aryl methyl sites for hydroxylation is 1. The van der Waals surface area contributed by atoms with Crippen LogP contribution in [0.25, 0.3) is 10.8 Å². The quantitative estimate of drug-likeness (QED) is 0.369. The van der Waals surface area contributed by atoms with Gasteiger partial charge >= 0.3 is 11.9 Å². The third kappa shape index (κ3) is 5.44. The number of hydrogen-bond donors (Lipinski definition) is 0. The average Bonchev–Trinajstić information content (AvgIpc) is 2.73. The van der Waals surface area contributed by atoms with E-state index in [0.29, 0.717) is 17.9 Å². The van der Waals surface area contributed by atoms with Crippen molar-refractivity contribution in [3.8, 4) is 11.5 Å². The molecule has 0 radical (unpaired) electrons. The Balaban J connectivity index is 1.71. The van der Waals surface area contributed by atoms with Gasteiger partial charge in [0.15, 0.2) is 0 Å². The summed E-state index contributed by atoms with van der Waals surface area (Å²) in [6, 6.07) is 18.8. The summed E-state index contributed by atoms with van der Waals surface area (Å²) in [7, 11) is 0. The summed E-state index contributed by atoms with van der Waals surface area (Å²) in [5, 5.41) is 1.93. The summed E-state index contributed by atoms with van der Waals surface area (Å²) in [6.07, 6.45) is 2.21. The molecule has 0 amide bonds. The van der Waals surface area contributed by atoms with Crippen molar-refractivity contribution in [1.29, 1.82) is 0 Å². The zero-order valence-corrected chi connectivity index (χ0v) is 17.1. The van der Waals surface area contributed by atoms with Crippen LogP contribution in [-0.4, -0.2) is 11.9 Å². The molecule has 0 aliphatic rings. The van der Waals surface area contributed by atoms with Crippen molar-refractivity contribution in [1.82, 2.24) is 0 Å². The molecule has 29 heavy (non-hydrogen) atoms. The van der Waals surface area contributed by atoms with Gasteiger partial charge in [-0.2, -0.15) is 0 Å². The number of unbranched alkanes of at least 4 members (excludes halogenated alkanes) is 1. The molecule has 3 aromatic rings. The Morgan fingerprint density at radius 2 is 1.52 bits per heavy atom. The molecule has 0 bridgehead atoms. The minimum Gasteiger partial charge on any atom is -0.427 e. The first-order valence-corrected chi connectivity index (χ1v) is 9.99. The van der Waals surface area contributed by atoms with Crippen LogP contribution in [0.2, 0.25) is 0 Å². The van der Waals surface area contributed by atoms with E-state index in [1.165, 1.54) is 0 Å².